The van der Waals surface area contributed by atoms with E-state index in [0.29, 0.717) is 34.1 Å². The van der Waals surface area contributed by atoms with E-state index in [1.165, 1.54) is 11.9 Å². The second-order valence-electron chi connectivity index (χ2n) is 7.21. The summed E-state index contributed by atoms with van der Waals surface area (Å²) in [4.78, 5) is 26.4. The number of aromatic nitrogens is 4. The largest absolute Gasteiger partial charge is 0.495 e. The first kappa shape index (κ1) is 21.7. The van der Waals surface area contributed by atoms with E-state index in [1.807, 2.05) is 43.3 Å². The Labute approximate surface area is 190 Å². The summed E-state index contributed by atoms with van der Waals surface area (Å²) in [6, 6.07) is 21.6. The van der Waals surface area contributed by atoms with Gasteiger partial charge in [0.2, 0.25) is 11.7 Å². The highest BCUT2D eigenvalue weighted by molar-refractivity contribution is 6.06. The van der Waals surface area contributed by atoms with E-state index in [9.17, 15) is 9.59 Å². The molecule has 4 rings (SSSR count). The maximum absolute atomic E-state index is 12.8. The lowest BCUT2D eigenvalue weighted by atomic mass is 10.1. The molecule has 0 saturated carbocycles. The molecule has 9 nitrogen and oxygen atoms in total. The van der Waals surface area contributed by atoms with Gasteiger partial charge in [-0.1, -0.05) is 42.5 Å². The van der Waals surface area contributed by atoms with Crippen LogP contribution in [0.4, 0.5) is 11.4 Å². The van der Waals surface area contributed by atoms with E-state index in [1.54, 1.807) is 36.4 Å². The van der Waals surface area contributed by atoms with Gasteiger partial charge in [0.1, 0.15) is 12.3 Å². The minimum Gasteiger partial charge on any atom is -0.495 e. The SMILES string of the molecule is COc1ccccc1NC(=O)Cn1nnc(-c2ccccc2NC(=O)c2ccccc2C)n1. The highest BCUT2D eigenvalue weighted by Gasteiger charge is 2.16. The number of nitrogens with zero attached hydrogens (tertiary/aromatic N) is 4. The van der Waals surface area contributed by atoms with Gasteiger partial charge in [0.05, 0.1) is 18.5 Å². The highest BCUT2D eigenvalue weighted by atomic mass is 16.5. The summed E-state index contributed by atoms with van der Waals surface area (Å²) in [5.74, 6) is 0.283. The molecular formula is C24H22N6O3. The predicted molar refractivity (Wildman–Crippen MR) is 124 cm³/mol. The van der Waals surface area contributed by atoms with Crippen LogP contribution in [0.1, 0.15) is 15.9 Å². The average Bonchev–Trinajstić information content (AvgIpc) is 3.28. The molecule has 166 valence electrons. The van der Waals surface area contributed by atoms with Gasteiger partial charge in [-0.2, -0.15) is 4.80 Å². The Morgan fingerprint density at radius 1 is 0.909 bits per heavy atom. The van der Waals surface area contributed by atoms with E-state index < -0.39 is 0 Å². The van der Waals surface area contributed by atoms with E-state index >= 15 is 0 Å². The van der Waals surface area contributed by atoms with Crippen LogP contribution in [-0.2, 0) is 11.3 Å². The fourth-order valence-electron chi connectivity index (χ4n) is 3.29. The maximum atomic E-state index is 12.8. The van der Waals surface area contributed by atoms with Crippen LogP contribution >= 0.6 is 0 Å². The molecule has 0 radical (unpaired) electrons. The van der Waals surface area contributed by atoms with Crippen LogP contribution in [0.25, 0.3) is 11.4 Å². The van der Waals surface area contributed by atoms with Gasteiger partial charge in [-0.05, 0) is 48.0 Å². The molecule has 1 heterocycles. The summed E-state index contributed by atoms with van der Waals surface area (Å²) in [7, 11) is 1.53. The number of carbonyl (C=O) groups is 2. The van der Waals surface area contributed by atoms with Crippen LogP contribution < -0.4 is 15.4 Å². The van der Waals surface area contributed by atoms with Crippen LogP contribution in [0.5, 0.6) is 5.75 Å². The van der Waals surface area contributed by atoms with Crippen molar-refractivity contribution in [3.8, 4) is 17.1 Å². The van der Waals surface area contributed by atoms with Crippen molar-refractivity contribution in [2.24, 2.45) is 0 Å². The molecule has 0 aliphatic rings. The van der Waals surface area contributed by atoms with Crippen molar-refractivity contribution in [2.75, 3.05) is 17.7 Å². The Balaban J connectivity index is 1.49. The molecule has 2 amide bonds. The van der Waals surface area contributed by atoms with Gasteiger partial charge >= 0.3 is 0 Å². The molecule has 0 aliphatic carbocycles. The molecule has 0 aliphatic heterocycles. The summed E-state index contributed by atoms with van der Waals surface area (Å²) in [6.45, 7) is 1.74. The minimum absolute atomic E-state index is 0.136. The highest BCUT2D eigenvalue weighted by Crippen LogP contribution is 2.25. The number of rotatable bonds is 7. The third-order valence-electron chi connectivity index (χ3n) is 4.92. The first-order valence-corrected chi connectivity index (χ1v) is 10.2. The Hall–Kier alpha value is -4.53. The van der Waals surface area contributed by atoms with Gasteiger partial charge in [-0.3, -0.25) is 9.59 Å². The van der Waals surface area contributed by atoms with Gasteiger partial charge in [0, 0.05) is 11.1 Å². The van der Waals surface area contributed by atoms with E-state index in [2.05, 4.69) is 26.0 Å². The zero-order valence-electron chi connectivity index (χ0n) is 18.1. The fourth-order valence-corrected chi connectivity index (χ4v) is 3.29. The smallest absolute Gasteiger partial charge is 0.255 e. The minimum atomic E-state index is -0.329. The first-order valence-electron chi connectivity index (χ1n) is 10.2. The first-order chi connectivity index (χ1) is 16.0. The molecule has 3 aromatic carbocycles. The summed E-state index contributed by atoms with van der Waals surface area (Å²) in [5, 5.41) is 18.0. The van der Waals surface area contributed by atoms with Crippen molar-refractivity contribution < 1.29 is 14.3 Å². The van der Waals surface area contributed by atoms with Gasteiger partial charge in [-0.25, -0.2) is 0 Å². The third kappa shape index (κ3) is 5.04. The molecule has 0 bridgehead atoms. The molecule has 0 atom stereocenters. The Bertz CT molecular complexity index is 1300. The monoisotopic (exact) mass is 442 g/mol. The van der Waals surface area contributed by atoms with Crippen molar-refractivity contribution in [3.05, 3.63) is 83.9 Å². The van der Waals surface area contributed by atoms with Gasteiger partial charge < -0.3 is 15.4 Å². The van der Waals surface area contributed by atoms with Crippen LogP contribution in [0.2, 0.25) is 0 Å². The molecule has 9 heteroatoms. The quantitative estimate of drug-likeness (QED) is 0.453. The topological polar surface area (TPSA) is 111 Å². The number of benzene rings is 3. The van der Waals surface area contributed by atoms with Crippen LogP contribution in [0.3, 0.4) is 0 Å². The summed E-state index contributed by atoms with van der Waals surface area (Å²) < 4.78 is 5.24. The van der Waals surface area contributed by atoms with E-state index in [0.717, 1.165) is 5.56 Å². The van der Waals surface area contributed by atoms with Crippen LogP contribution in [0, 0.1) is 6.92 Å². The lowest BCUT2D eigenvalue weighted by Gasteiger charge is -2.10. The molecule has 4 aromatic rings. The number of aryl methyl sites for hydroxylation is 1. The second kappa shape index (κ2) is 9.73. The number of nitrogens with one attached hydrogen (secondary N) is 2. The normalized spacial score (nSPS) is 10.5. The van der Waals surface area contributed by atoms with Crippen molar-refractivity contribution in [1.29, 1.82) is 0 Å². The van der Waals surface area contributed by atoms with Crippen molar-refractivity contribution in [3.63, 3.8) is 0 Å². The van der Waals surface area contributed by atoms with Crippen LogP contribution in [0.15, 0.2) is 72.8 Å². The van der Waals surface area contributed by atoms with E-state index in [4.69, 9.17) is 4.74 Å². The zero-order valence-corrected chi connectivity index (χ0v) is 18.1. The van der Waals surface area contributed by atoms with Gasteiger partial charge in [-0.15, -0.1) is 10.2 Å². The fraction of sp³-hybridized carbons (Fsp3) is 0.125. The molecule has 0 fully saturated rings. The standard InChI is InChI=1S/C24H22N6O3/c1-16-9-3-4-10-17(16)24(32)26-19-12-6-5-11-18(19)23-27-29-30(28-23)15-22(31)25-20-13-7-8-14-21(20)33-2/h3-14H,15H2,1-2H3,(H,25,31)(H,26,32). The summed E-state index contributed by atoms with van der Waals surface area (Å²) >= 11 is 0. The molecule has 2 N–H and O–H groups in total. The molecule has 0 spiro atoms. The number of tetrazole rings is 1. The number of para-hydroxylation sites is 3. The Morgan fingerprint density at radius 2 is 1.61 bits per heavy atom. The molecular weight excluding hydrogens is 420 g/mol. The number of methoxy groups -OCH3 is 1. The van der Waals surface area contributed by atoms with Crippen molar-refractivity contribution in [1.82, 2.24) is 20.2 Å². The van der Waals surface area contributed by atoms with E-state index in [-0.39, 0.29) is 18.4 Å². The number of anilines is 2. The number of carbonyl (C=O) groups excluding carboxylic acids is 2. The third-order valence-corrected chi connectivity index (χ3v) is 4.92. The zero-order chi connectivity index (χ0) is 23.2. The lowest BCUT2D eigenvalue weighted by molar-refractivity contribution is -0.117. The molecule has 0 saturated heterocycles. The number of hydrogen-bond donors (Lipinski definition) is 2. The Kier molecular flexibility index (Phi) is 6.40. The molecule has 0 unspecified atom stereocenters. The maximum Gasteiger partial charge on any atom is 0.255 e. The Morgan fingerprint density at radius 3 is 2.39 bits per heavy atom. The number of ether oxygens (including phenoxy) is 1. The summed E-state index contributed by atoms with van der Waals surface area (Å²) in [5.41, 5.74) is 3.14. The van der Waals surface area contributed by atoms with Crippen LogP contribution in [-0.4, -0.2) is 39.1 Å². The summed E-state index contributed by atoms with van der Waals surface area (Å²) in [6.07, 6.45) is 0. The van der Waals surface area contributed by atoms with Crippen molar-refractivity contribution in [2.45, 2.75) is 13.5 Å². The predicted octanol–water partition coefficient (Wildman–Crippen LogP) is 3.55. The lowest BCUT2D eigenvalue weighted by Crippen LogP contribution is -2.20. The average molecular weight is 442 g/mol. The van der Waals surface area contributed by atoms with Gasteiger partial charge in [0.15, 0.2) is 0 Å². The van der Waals surface area contributed by atoms with Gasteiger partial charge in [0.25, 0.3) is 5.91 Å². The number of amides is 2. The second-order valence-corrected chi connectivity index (χ2v) is 7.21. The number of hydrogen-bond acceptors (Lipinski definition) is 6. The molecule has 33 heavy (non-hydrogen) atoms. The molecule has 1 aromatic heterocycles. The van der Waals surface area contributed by atoms with Crippen molar-refractivity contribution >= 4 is 23.2 Å².